The highest BCUT2D eigenvalue weighted by Gasteiger charge is 2.18. The largest absolute Gasteiger partial charge is 0.350 e. The molecular formula is C27H32N4O2. The molecule has 0 saturated carbocycles. The molecule has 3 aromatic rings. The summed E-state index contributed by atoms with van der Waals surface area (Å²) in [4.78, 5) is 26.6. The van der Waals surface area contributed by atoms with Crippen molar-refractivity contribution >= 4 is 17.9 Å². The van der Waals surface area contributed by atoms with Crippen LogP contribution in [0.25, 0.3) is 17.3 Å². The van der Waals surface area contributed by atoms with Gasteiger partial charge in [0.05, 0.1) is 18.8 Å². The maximum atomic E-state index is 12.8. The van der Waals surface area contributed by atoms with Crippen LogP contribution in [0, 0.1) is 0 Å². The highest BCUT2D eigenvalue weighted by Crippen LogP contribution is 2.23. The quantitative estimate of drug-likeness (QED) is 0.525. The number of amides is 2. The van der Waals surface area contributed by atoms with Crippen LogP contribution in [0.5, 0.6) is 0 Å². The number of carbonyl (C=O) groups excluding carboxylic acids is 2. The summed E-state index contributed by atoms with van der Waals surface area (Å²) >= 11 is 0. The number of carbonyl (C=O) groups is 2. The molecule has 1 heterocycles. The normalized spacial score (nSPS) is 11.5. The van der Waals surface area contributed by atoms with Crippen molar-refractivity contribution in [3.05, 3.63) is 84.1 Å². The molecule has 1 aromatic heterocycles. The van der Waals surface area contributed by atoms with Gasteiger partial charge in [-0.15, -0.1) is 0 Å². The molecule has 1 N–H and O–H groups in total. The van der Waals surface area contributed by atoms with Gasteiger partial charge in [0, 0.05) is 35.5 Å². The van der Waals surface area contributed by atoms with Crippen molar-refractivity contribution in [1.29, 1.82) is 0 Å². The molecule has 0 saturated heterocycles. The van der Waals surface area contributed by atoms with Gasteiger partial charge in [-0.2, -0.15) is 5.10 Å². The summed E-state index contributed by atoms with van der Waals surface area (Å²) in [6.07, 6.45) is 5.25. The Hall–Kier alpha value is -3.67. The summed E-state index contributed by atoms with van der Waals surface area (Å²) < 4.78 is 1.89. The van der Waals surface area contributed by atoms with Crippen molar-refractivity contribution in [3.8, 4) is 11.3 Å². The lowest BCUT2D eigenvalue weighted by atomic mass is 10.1. The minimum Gasteiger partial charge on any atom is -0.350 e. The number of aromatic nitrogens is 2. The molecule has 0 aliphatic carbocycles. The van der Waals surface area contributed by atoms with Gasteiger partial charge in [-0.25, -0.2) is 0 Å². The molecule has 0 atom stereocenters. The molecule has 0 bridgehead atoms. The summed E-state index contributed by atoms with van der Waals surface area (Å²) in [5.74, 6) is -0.386. The van der Waals surface area contributed by atoms with E-state index in [-0.39, 0.29) is 23.9 Å². The maximum Gasteiger partial charge on any atom is 0.247 e. The fraction of sp³-hybridized carbons (Fsp3) is 0.296. The van der Waals surface area contributed by atoms with Gasteiger partial charge < -0.3 is 10.2 Å². The van der Waals surface area contributed by atoms with E-state index < -0.39 is 0 Å². The van der Waals surface area contributed by atoms with Crippen molar-refractivity contribution in [2.75, 3.05) is 13.1 Å². The van der Waals surface area contributed by atoms with Gasteiger partial charge in [-0.1, -0.05) is 60.7 Å². The Kier molecular flexibility index (Phi) is 7.83. The first kappa shape index (κ1) is 24.0. The van der Waals surface area contributed by atoms with Crippen LogP contribution in [-0.2, 0) is 16.1 Å². The van der Waals surface area contributed by atoms with E-state index >= 15 is 0 Å². The molecule has 3 rings (SSSR count). The average molecular weight is 445 g/mol. The first-order valence-electron chi connectivity index (χ1n) is 11.2. The Bertz CT molecular complexity index is 1100. The van der Waals surface area contributed by atoms with Crippen molar-refractivity contribution in [3.63, 3.8) is 0 Å². The second-order valence-electron chi connectivity index (χ2n) is 8.97. The van der Waals surface area contributed by atoms with Crippen molar-refractivity contribution in [2.45, 2.75) is 39.8 Å². The lowest BCUT2D eigenvalue weighted by Gasteiger charge is -2.24. The molecule has 0 spiro atoms. The highest BCUT2D eigenvalue weighted by molar-refractivity contribution is 5.95. The smallest absolute Gasteiger partial charge is 0.247 e. The fourth-order valence-corrected chi connectivity index (χ4v) is 3.47. The van der Waals surface area contributed by atoms with Crippen molar-refractivity contribution < 1.29 is 9.59 Å². The second-order valence-corrected chi connectivity index (χ2v) is 8.97. The van der Waals surface area contributed by atoms with Gasteiger partial charge in [0.2, 0.25) is 11.8 Å². The predicted molar refractivity (Wildman–Crippen MR) is 132 cm³/mol. The van der Waals surface area contributed by atoms with Crippen LogP contribution >= 0.6 is 0 Å². The number of nitrogens with zero attached hydrogens (tertiary/aromatic N) is 3. The Morgan fingerprint density at radius 3 is 2.27 bits per heavy atom. The molecule has 0 radical (unpaired) electrons. The van der Waals surface area contributed by atoms with Crippen LogP contribution in [0.2, 0.25) is 0 Å². The molecule has 0 unspecified atom stereocenters. The number of nitrogens with one attached hydrogen (secondary N) is 1. The third-order valence-corrected chi connectivity index (χ3v) is 4.97. The molecule has 6 heteroatoms. The Morgan fingerprint density at radius 1 is 1.03 bits per heavy atom. The van der Waals surface area contributed by atoms with E-state index in [1.165, 1.54) is 11.0 Å². The highest BCUT2D eigenvalue weighted by atomic mass is 16.2. The van der Waals surface area contributed by atoms with Gasteiger partial charge in [0.25, 0.3) is 0 Å². The molecule has 0 aliphatic rings. The maximum absolute atomic E-state index is 12.8. The number of likely N-dealkylation sites (N-methyl/N-ethyl adjacent to an activating group) is 1. The molecule has 0 fully saturated rings. The van der Waals surface area contributed by atoms with Crippen LogP contribution < -0.4 is 5.32 Å². The fourth-order valence-electron chi connectivity index (χ4n) is 3.47. The van der Waals surface area contributed by atoms with Gasteiger partial charge >= 0.3 is 0 Å². The van der Waals surface area contributed by atoms with Gasteiger partial charge in [-0.3, -0.25) is 14.3 Å². The molecule has 2 aromatic carbocycles. The van der Waals surface area contributed by atoms with Crippen LogP contribution in [0.15, 0.2) is 72.9 Å². The number of benzene rings is 2. The number of rotatable bonds is 8. The summed E-state index contributed by atoms with van der Waals surface area (Å²) in [6.45, 7) is 8.72. The zero-order chi connectivity index (χ0) is 23.8. The van der Waals surface area contributed by atoms with E-state index in [0.717, 1.165) is 22.4 Å². The summed E-state index contributed by atoms with van der Waals surface area (Å²) in [5.41, 5.74) is 3.44. The molecule has 2 amide bonds. The lowest BCUT2D eigenvalue weighted by molar-refractivity contribution is -0.132. The third kappa shape index (κ3) is 7.17. The topological polar surface area (TPSA) is 67.2 Å². The Balaban J connectivity index is 1.81. The SMILES string of the molecule is CCN(CC(=O)NC(C)(C)C)C(=O)/C=C/c1cn(Cc2ccccc2)nc1-c1ccccc1. The van der Waals surface area contributed by atoms with Crippen molar-refractivity contribution in [1.82, 2.24) is 20.0 Å². The first-order valence-corrected chi connectivity index (χ1v) is 11.2. The van der Waals surface area contributed by atoms with Crippen molar-refractivity contribution in [2.24, 2.45) is 0 Å². The summed E-state index contributed by atoms with van der Waals surface area (Å²) in [5, 5.41) is 7.68. The van der Waals surface area contributed by atoms with Crippen LogP contribution in [0.1, 0.15) is 38.8 Å². The standard InChI is InChI=1S/C27H32N4O2/c1-5-30(20-24(32)28-27(2,3)4)25(33)17-16-23-19-31(18-21-12-8-6-9-13-21)29-26(23)22-14-10-7-11-15-22/h6-17,19H,5,18,20H2,1-4H3,(H,28,32)/b17-16+. The van der Waals surface area contributed by atoms with Gasteiger partial charge in [0.1, 0.15) is 0 Å². The number of hydrogen-bond acceptors (Lipinski definition) is 3. The summed E-state index contributed by atoms with van der Waals surface area (Å²) in [7, 11) is 0. The van der Waals surface area contributed by atoms with E-state index in [0.29, 0.717) is 13.1 Å². The van der Waals surface area contributed by atoms with Crippen LogP contribution in [-0.4, -0.2) is 45.1 Å². The average Bonchev–Trinajstić information content (AvgIpc) is 3.18. The third-order valence-electron chi connectivity index (χ3n) is 4.97. The zero-order valence-electron chi connectivity index (χ0n) is 19.8. The van der Waals surface area contributed by atoms with E-state index in [1.807, 2.05) is 87.1 Å². The van der Waals surface area contributed by atoms with E-state index in [2.05, 4.69) is 17.4 Å². The van der Waals surface area contributed by atoms with E-state index in [4.69, 9.17) is 5.10 Å². The Labute approximate surface area is 195 Å². The van der Waals surface area contributed by atoms with Crippen LogP contribution in [0.4, 0.5) is 0 Å². The minimum atomic E-state index is -0.340. The summed E-state index contributed by atoms with van der Waals surface area (Å²) in [6, 6.07) is 20.0. The van der Waals surface area contributed by atoms with Gasteiger partial charge in [0.15, 0.2) is 0 Å². The molecule has 33 heavy (non-hydrogen) atoms. The molecule has 172 valence electrons. The Morgan fingerprint density at radius 2 is 1.67 bits per heavy atom. The second kappa shape index (κ2) is 10.8. The first-order chi connectivity index (χ1) is 15.7. The van der Waals surface area contributed by atoms with Crippen LogP contribution in [0.3, 0.4) is 0 Å². The molecule has 6 nitrogen and oxygen atoms in total. The molecular weight excluding hydrogens is 412 g/mol. The monoisotopic (exact) mass is 444 g/mol. The zero-order valence-corrected chi connectivity index (χ0v) is 19.8. The predicted octanol–water partition coefficient (Wildman–Crippen LogP) is 4.37. The van der Waals surface area contributed by atoms with E-state index in [1.54, 1.807) is 6.08 Å². The van der Waals surface area contributed by atoms with Gasteiger partial charge in [-0.05, 0) is 39.3 Å². The van der Waals surface area contributed by atoms with E-state index in [9.17, 15) is 9.59 Å². The minimum absolute atomic E-state index is 0.0236. The molecule has 0 aliphatic heterocycles. The lowest BCUT2D eigenvalue weighted by Crippen LogP contribution is -2.47. The number of hydrogen-bond donors (Lipinski definition) is 1.